The second kappa shape index (κ2) is 5.64. The van der Waals surface area contributed by atoms with Crippen molar-refractivity contribution in [1.29, 1.82) is 0 Å². The molecule has 1 aromatic rings. The first-order valence-electron chi connectivity index (χ1n) is 6.08. The summed E-state index contributed by atoms with van der Waals surface area (Å²) in [4.78, 5) is 36.3. The summed E-state index contributed by atoms with van der Waals surface area (Å²) in [6, 6.07) is 4.36. The Hall–Kier alpha value is -2.51. The van der Waals surface area contributed by atoms with Gasteiger partial charge in [0.05, 0.1) is 4.92 Å². The van der Waals surface area contributed by atoms with Crippen LogP contribution >= 0.6 is 0 Å². The number of hydrogen-bond acceptors (Lipinski definition) is 6. The Kier molecular flexibility index (Phi) is 3.92. The Labute approximate surface area is 113 Å². The van der Waals surface area contributed by atoms with E-state index in [-0.39, 0.29) is 30.2 Å². The molecule has 0 amide bonds. The van der Waals surface area contributed by atoms with E-state index in [0.717, 1.165) is 12.8 Å². The molecule has 1 fully saturated rings. The van der Waals surface area contributed by atoms with E-state index in [9.17, 15) is 25.0 Å². The molecule has 1 aromatic carbocycles. The van der Waals surface area contributed by atoms with E-state index in [2.05, 4.69) is 4.84 Å². The maximum Gasteiger partial charge on any atom is 0.294 e. The zero-order valence-electron chi connectivity index (χ0n) is 10.5. The molecule has 0 saturated heterocycles. The predicted molar refractivity (Wildman–Crippen MR) is 67.0 cm³/mol. The molecule has 1 aliphatic carbocycles. The largest absolute Gasteiger partial charge is 0.313 e. The third-order valence-electron chi connectivity index (χ3n) is 3.09. The highest BCUT2D eigenvalue weighted by molar-refractivity contribution is 5.96. The monoisotopic (exact) mass is 280 g/mol. The van der Waals surface area contributed by atoms with E-state index in [4.69, 9.17) is 0 Å². The van der Waals surface area contributed by atoms with E-state index >= 15 is 0 Å². The minimum atomic E-state index is -0.980. The third-order valence-corrected chi connectivity index (χ3v) is 3.09. The number of ketones is 1. The predicted octanol–water partition coefficient (Wildman–Crippen LogP) is 2.25. The number of carbonyl (C=O) groups is 1. The molecule has 8 nitrogen and oxygen atoms in total. The lowest BCUT2D eigenvalue weighted by atomic mass is 10.0. The minimum Gasteiger partial charge on any atom is -0.313 e. The Morgan fingerprint density at radius 2 is 2.00 bits per heavy atom. The SMILES string of the molecule is O=C(CCO[N+](=O)[O-])c1ccc(C2CC2)c([N+](=O)[O-])c1. The number of rotatable bonds is 7. The van der Waals surface area contributed by atoms with Gasteiger partial charge in [-0.1, -0.05) is 12.1 Å². The first-order valence-corrected chi connectivity index (χ1v) is 6.08. The quantitative estimate of drug-likeness (QED) is 0.430. The summed E-state index contributed by atoms with van der Waals surface area (Å²) in [6.45, 7) is -0.357. The molecule has 0 aliphatic heterocycles. The van der Waals surface area contributed by atoms with Crippen LogP contribution in [0.15, 0.2) is 18.2 Å². The van der Waals surface area contributed by atoms with E-state index in [1.807, 2.05) is 0 Å². The van der Waals surface area contributed by atoms with Crippen molar-refractivity contribution < 1.29 is 19.6 Å². The van der Waals surface area contributed by atoms with Gasteiger partial charge in [0.2, 0.25) is 0 Å². The van der Waals surface area contributed by atoms with Gasteiger partial charge in [-0.25, -0.2) is 0 Å². The van der Waals surface area contributed by atoms with Gasteiger partial charge >= 0.3 is 0 Å². The van der Waals surface area contributed by atoms with Gasteiger partial charge in [-0.15, -0.1) is 10.1 Å². The number of carbonyl (C=O) groups excluding carboxylic acids is 1. The lowest BCUT2D eigenvalue weighted by molar-refractivity contribution is -0.757. The van der Waals surface area contributed by atoms with E-state index in [0.29, 0.717) is 5.56 Å². The summed E-state index contributed by atoms with van der Waals surface area (Å²) in [7, 11) is 0. The molecule has 0 aromatic heterocycles. The molecule has 0 atom stereocenters. The smallest absolute Gasteiger partial charge is 0.294 e. The van der Waals surface area contributed by atoms with E-state index < -0.39 is 15.8 Å². The fourth-order valence-corrected chi connectivity index (χ4v) is 1.97. The molecular weight excluding hydrogens is 268 g/mol. The second-order valence-electron chi connectivity index (χ2n) is 4.53. The van der Waals surface area contributed by atoms with Gasteiger partial charge in [0.25, 0.3) is 10.8 Å². The van der Waals surface area contributed by atoms with Gasteiger partial charge in [-0.05, 0) is 18.8 Å². The van der Waals surface area contributed by atoms with Crippen molar-refractivity contribution in [2.45, 2.75) is 25.2 Å². The van der Waals surface area contributed by atoms with Crippen LogP contribution in [0.5, 0.6) is 0 Å². The lowest BCUT2D eigenvalue weighted by Crippen LogP contribution is -2.09. The van der Waals surface area contributed by atoms with Crippen LogP contribution in [0.2, 0.25) is 0 Å². The van der Waals surface area contributed by atoms with Gasteiger partial charge in [0.15, 0.2) is 5.78 Å². The van der Waals surface area contributed by atoms with E-state index in [1.54, 1.807) is 6.07 Å². The summed E-state index contributed by atoms with van der Waals surface area (Å²) in [6.07, 6.45) is 1.65. The number of nitrogens with zero attached hydrogens (tertiary/aromatic N) is 2. The Morgan fingerprint density at radius 1 is 1.30 bits per heavy atom. The van der Waals surface area contributed by atoms with Crippen LogP contribution in [0.25, 0.3) is 0 Å². The summed E-state index contributed by atoms with van der Waals surface area (Å²) < 4.78 is 0. The fourth-order valence-electron chi connectivity index (χ4n) is 1.97. The van der Waals surface area contributed by atoms with Crippen molar-refractivity contribution in [3.63, 3.8) is 0 Å². The van der Waals surface area contributed by atoms with Crippen molar-refractivity contribution in [2.75, 3.05) is 6.61 Å². The fraction of sp³-hybridized carbons (Fsp3) is 0.417. The number of nitro benzene ring substituents is 1. The highest BCUT2D eigenvalue weighted by atomic mass is 16.9. The molecule has 0 heterocycles. The molecule has 8 heteroatoms. The molecule has 20 heavy (non-hydrogen) atoms. The van der Waals surface area contributed by atoms with Crippen LogP contribution in [-0.2, 0) is 4.84 Å². The molecule has 0 unspecified atom stereocenters. The first-order chi connectivity index (χ1) is 9.49. The van der Waals surface area contributed by atoms with Crippen LogP contribution in [0.1, 0.15) is 41.1 Å². The second-order valence-corrected chi connectivity index (χ2v) is 4.53. The van der Waals surface area contributed by atoms with Gasteiger partial charge in [-0.3, -0.25) is 14.9 Å². The lowest BCUT2D eigenvalue weighted by Gasteiger charge is -2.04. The number of benzene rings is 1. The molecule has 0 bridgehead atoms. The van der Waals surface area contributed by atoms with Gasteiger partial charge < -0.3 is 4.84 Å². The first kappa shape index (κ1) is 13.9. The van der Waals surface area contributed by atoms with Crippen LogP contribution in [-0.4, -0.2) is 22.4 Å². The zero-order chi connectivity index (χ0) is 14.7. The Balaban J connectivity index is 2.12. The van der Waals surface area contributed by atoms with Gasteiger partial charge in [-0.2, -0.15) is 0 Å². The molecule has 1 aliphatic rings. The van der Waals surface area contributed by atoms with Gasteiger partial charge in [0, 0.05) is 23.6 Å². The highest BCUT2D eigenvalue weighted by Gasteiger charge is 2.31. The molecule has 106 valence electrons. The van der Waals surface area contributed by atoms with Crippen LogP contribution in [0, 0.1) is 20.2 Å². The number of hydrogen-bond donors (Lipinski definition) is 0. The standard InChI is InChI=1S/C12H12N2O6/c15-12(5-6-20-14(18)19)9-3-4-10(8-1-2-8)11(7-9)13(16)17/h3-4,7-8H,1-2,5-6H2. The molecule has 0 spiro atoms. The molecule has 0 radical (unpaired) electrons. The maximum atomic E-state index is 11.8. The van der Waals surface area contributed by atoms with Crippen molar-refractivity contribution in [2.24, 2.45) is 0 Å². The Bertz CT molecular complexity index is 567. The molecular formula is C12H12N2O6. The Morgan fingerprint density at radius 3 is 2.55 bits per heavy atom. The molecule has 1 saturated carbocycles. The van der Waals surface area contributed by atoms with Crippen molar-refractivity contribution in [3.05, 3.63) is 49.6 Å². The van der Waals surface area contributed by atoms with Crippen molar-refractivity contribution in [1.82, 2.24) is 0 Å². The summed E-state index contributed by atoms with van der Waals surface area (Å²) >= 11 is 0. The summed E-state index contributed by atoms with van der Waals surface area (Å²) in [5.74, 6) is -0.213. The average Bonchev–Trinajstić information content (AvgIpc) is 3.21. The van der Waals surface area contributed by atoms with Crippen LogP contribution < -0.4 is 0 Å². The highest BCUT2D eigenvalue weighted by Crippen LogP contribution is 2.44. The van der Waals surface area contributed by atoms with E-state index in [1.165, 1.54) is 12.1 Å². The number of Topliss-reactive ketones (excluding diaryl/α,β-unsaturated/α-hetero) is 1. The summed E-state index contributed by atoms with van der Waals surface area (Å²) in [5.41, 5.74) is 0.759. The topological polar surface area (TPSA) is 113 Å². The normalized spacial score (nSPS) is 13.8. The van der Waals surface area contributed by atoms with Crippen molar-refractivity contribution >= 4 is 11.5 Å². The van der Waals surface area contributed by atoms with Gasteiger partial charge in [0.1, 0.15) is 6.61 Å². The maximum absolute atomic E-state index is 11.8. The van der Waals surface area contributed by atoms with Crippen LogP contribution in [0.4, 0.5) is 5.69 Å². The number of nitro groups is 1. The minimum absolute atomic E-state index is 0.0615. The average molecular weight is 280 g/mol. The third kappa shape index (κ3) is 3.28. The van der Waals surface area contributed by atoms with Crippen molar-refractivity contribution in [3.8, 4) is 0 Å². The summed E-state index contributed by atoms with van der Waals surface area (Å²) in [5, 5.41) is 20.0. The van der Waals surface area contributed by atoms with Crippen LogP contribution in [0.3, 0.4) is 0 Å². The zero-order valence-corrected chi connectivity index (χ0v) is 10.5. The molecule has 2 rings (SSSR count). The molecule has 0 N–H and O–H groups in total.